The molecule has 0 atom stereocenters. The van der Waals surface area contributed by atoms with Crippen LogP contribution in [0.1, 0.15) is 11.1 Å². The molecule has 10 heteroatoms. The van der Waals surface area contributed by atoms with Gasteiger partial charge in [0.2, 0.25) is 0 Å². The molecule has 0 saturated carbocycles. The van der Waals surface area contributed by atoms with Crippen molar-refractivity contribution < 1.29 is 22.3 Å². The highest BCUT2D eigenvalue weighted by atomic mass is 127. The zero-order chi connectivity index (χ0) is 20.0. The summed E-state index contributed by atoms with van der Waals surface area (Å²) in [4.78, 5) is 5.79. The monoisotopic (exact) mass is 512 g/mol. The first-order valence-corrected chi connectivity index (χ1v) is 7.98. The molecule has 0 aliphatic carbocycles. The summed E-state index contributed by atoms with van der Waals surface area (Å²) >= 11 is 0. The Balaban J connectivity index is 0.00000392. The molecule has 0 aliphatic heterocycles. The molecular formula is C18H21F4IN4O. The van der Waals surface area contributed by atoms with E-state index in [1.54, 1.807) is 31.1 Å². The number of nitrogens with one attached hydrogen (secondary N) is 1. The Morgan fingerprint density at radius 2 is 1.71 bits per heavy atom. The van der Waals surface area contributed by atoms with E-state index in [9.17, 15) is 17.6 Å². The van der Waals surface area contributed by atoms with Crippen LogP contribution >= 0.6 is 24.0 Å². The lowest BCUT2D eigenvalue weighted by atomic mass is 10.2. The molecule has 0 amide bonds. The van der Waals surface area contributed by atoms with E-state index in [0.717, 1.165) is 0 Å². The van der Waals surface area contributed by atoms with Crippen molar-refractivity contribution in [2.75, 3.05) is 19.0 Å². The Kier molecular flexibility index (Phi) is 8.79. The van der Waals surface area contributed by atoms with E-state index in [2.05, 4.69) is 15.0 Å². The summed E-state index contributed by atoms with van der Waals surface area (Å²) in [5.74, 6) is -0.501. The summed E-state index contributed by atoms with van der Waals surface area (Å²) in [6.45, 7) is 0.470. The molecule has 0 heterocycles. The predicted molar refractivity (Wildman–Crippen MR) is 111 cm³/mol. The van der Waals surface area contributed by atoms with Crippen LogP contribution in [0, 0.1) is 5.82 Å². The average Bonchev–Trinajstić information content (AvgIpc) is 2.57. The van der Waals surface area contributed by atoms with Gasteiger partial charge in [0.15, 0.2) is 5.96 Å². The van der Waals surface area contributed by atoms with E-state index in [1.807, 2.05) is 0 Å². The zero-order valence-electron chi connectivity index (χ0n) is 15.3. The summed E-state index contributed by atoms with van der Waals surface area (Å²) in [6, 6.07) is 10.2. The lowest BCUT2D eigenvalue weighted by Gasteiger charge is -2.13. The van der Waals surface area contributed by atoms with Crippen molar-refractivity contribution in [1.82, 2.24) is 5.32 Å². The number of benzene rings is 2. The maximum absolute atomic E-state index is 13.9. The number of hydrogen-bond acceptors (Lipinski definition) is 3. The van der Waals surface area contributed by atoms with Crippen LogP contribution in [0.3, 0.4) is 0 Å². The second-order valence-corrected chi connectivity index (χ2v) is 5.93. The molecule has 2 rings (SSSR count). The van der Waals surface area contributed by atoms with Gasteiger partial charge in [-0.3, -0.25) is 0 Å². The topological polar surface area (TPSA) is 62.9 Å². The van der Waals surface area contributed by atoms with E-state index >= 15 is 0 Å². The molecule has 154 valence electrons. The number of aliphatic imine (C=N–C) groups is 1. The van der Waals surface area contributed by atoms with Crippen molar-refractivity contribution >= 4 is 35.6 Å². The zero-order valence-corrected chi connectivity index (χ0v) is 17.6. The Hall–Kier alpha value is -2.24. The van der Waals surface area contributed by atoms with Crippen molar-refractivity contribution in [2.24, 2.45) is 10.7 Å². The molecular weight excluding hydrogens is 491 g/mol. The number of nitrogens with zero attached hydrogens (tertiary/aromatic N) is 2. The fraction of sp³-hybridized carbons (Fsp3) is 0.278. The maximum atomic E-state index is 13.9. The highest BCUT2D eigenvalue weighted by Gasteiger charge is 2.30. The molecule has 0 fully saturated rings. The van der Waals surface area contributed by atoms with E-state index in [4.69, 9.17) is 5.73 Å². The highest BCUT2D eigenvalue weighted by Crippen LogP contribution is 2.22. The van der Waals surface area contributed by atoms with Crippen LogP contribution < -0.4 is 20.7 Å². The lowest BCUT2D eigenvalue weighted by molar-refractivity contribution is -0.274. The molecule has 5 nitrogen and oxygen atoms in total. The number of anilines is 1. The first kappa shape index (κ1) is 23.8. The number of hydrogen-bond donors (Lipinski definition) is 2. The summed E-state index contributed by atoms with van der Waals surface area (Å²) < 4.78 is 54.1. The molecule has 0 saturated heterocycles. The van der Waals surface area contributed by atoms with E-state index in [1.165, 1.54) is 30.3 Å². The number of ether oxygens (including phenoxy) is 1. The molecule has 2 aromatic rings. The lowest BCUT2D eigenvalue weighted by Crippen LogP contribution is -2.31. The summed E-state index contributed by atoms with van der Waals surface area (Å²) in [7, 11) is 3.50. The van der Waals surface area contributed by atoms with Gasteiger partial charge in [0, 0.05) is 20.6 Å². The molecule has 0 aromatic heterocycles. The molecule has 28 heavy (non-hydrogen) atoms. The fourth-order valence-electron chi connectivity index (χ4n) is 2.25. The van der Waals surface area contributed by atoms with Crippen LogP contribution in [0.4, 0.5) is 23.2 Å². The van der Waals surface area contributed by atoms with Crippen molar-refractivity contribution in [3.05, 3.63) is 59.4 Å². The molecule has 0 aliphatic rings. The molecule has 0 radical (unpaired) electrons. The molecule has 0 bridgehead atoms. The summed E-state index contributed by atoms with van der Waals surface area (Å²) in [5, 5.41) is 2.84. The standard InChI is InChI=1S/C18H20F4N4O.HI/c1-26(2)16-8-5-13(9-15(16)19)11-25-17(23)24-10-12-3-6-14(7-4-12)27-18(20,21)22;/h3-9H,10-11H2,1-2H3,(H3,23,24,25);1H. The summed E-state index contributed by atoms with van der Waals surface area (Å²) in [5.41, 5.74) is 7.60. The predicted octanol–water partition coefficient (Wildman–Crippen LogP) is 4.01. The minimum atomic E-state index is -4.72. The highest BCUT2D eigenvalue weighted by molar-refractivity contribution is 14.0. The van der Waals surface area contributed by atoms with Gasteiger partial charge >= 0.3 is 6.36 Å². The third-order valence-electron chi connectivity index (χ3n) is 3.56. The van der Waals surface area contributed by atoms with Gasteiger partial charge in [-0.2, -0.15) is 0 Å². The van der Waals surface area contributed by atoms with Crippen LogP contribution in [0.5, 0.6) is 5.75 Å². The molecule has 0 unspecified atom stereocenters. The molecule has 3 N–H and O–H groups in total. The van der Waals surface area contributed by atoms with Crippen molar-refractivity contribution in [3.8, 4) is 5.75 Å². The quantitative estimate of drug-likeness (QED) is 0.266. The number of alkyl halides is 3. The average molecular weight is 512 g/mol. The smallest absolute Gasteiger partial charge is 0.406 e. The second-order valence-electron chi connectivity index (χ2n) is 5.93. The van der Waals surface area contributed by atoms with Gasteiger partial charge in [0.1, 0.15) is 11.6 Å². The first-order chi connectivity index (χ1) is 12.6. The van der Waals surface area contributed by atoms with E-state index < -0.39 is 6.36 Å². The van der Waals surface area contributed by atoms with Gasteiger partial charge in [-0.25, -0.2) is 9.38 Å². The maximum Gasteiger partial charge on any atom is 0.573 e. The third kappa shape index (κ3) is 7.79. The normalized spacial score (nSPS) is 11.6. The van der Waals surface area contributed by atoms with E-state index in [-0.39, 0.29) is 54.6 Å². The number of guanidine groups is 1. The van der Waals surface area contributed by atoms with Gasteiger partial charge in [-0.15, -0.1) is 37.1 Å². The van der Waals surface area contributed by atoms with Crippen molar-refractivity contribution in [3.63, 3.8) is 0 Å². The van der Waals surface area contributed by atoms with Crippen molar-refractivity contribution in [2.45, 2.75) is 19.5 Å². The minimum Gasteiger partial charge on any atom is -0.406 e. The summed E-state index contributed by atoms with van der Waals surface area (Å²) in [6.07, 6.45) is -4.72. The first-order valence-electron chi connectivity index (χ1n) is 7.98. The Labute approximate surface area is 177 Å². The number of nitrogens with two attached hydrogens (primary N) is 1. The second kappa shape index (κ2) is 10.3. The Bertz CT molecular complexity index is 795. The van der Waals surface area contributed by atoms with Crippen LogP contribution in [0.15, 0.2) is 47.5 Å². The van der Waals surface area contributed by atoms with Crippen LogP contribution in [-0.2, 0) is 13.1 Å². The van der Waals surface area contributed by atoms with Gasteiger partial charge in [0.05, 0.1) is 12.2 Å². The fourth-order valence-corrected chi connectivity index (χ4v) is 2.25. The largest absolute Gasteiger partial charge is 0.573 e. The van der Waals surface area contributed by atoms with Gasteiger partial charge < -0.3 is 20.7 Å². The van der Waals surface area contributed by atoms with E-state index in [0.29, 0.717) is 16.8 Å². The number of halogens is 5. The van der Waals surface area contributed by atoms with Crippen LogP contribution in [0.2, 0.25) is 0 Å². The minimum absolute atomic E-state index is 0. The third-order valence-corrected chi connectivity index (χ3v) is 3.56. The van der Waals surface area contributed by atoms with Crippen LogP contribution in [-0.4, -0.2) is 26.4 Å². The molecule has 2 aromatic carbocycles. The van der Waals surface area contributed by atoms with Gasteiger partial charge in [-0.1, -0.05) is 18.2 Å². The Morgan fingerprint density at radius 1 is 1.11 bits per heavy atom. The van der Waals surface area contributed by atoms with Crippen LogP contribution in [0.25, 0.3) is 0 Å². The van der Waals surface area contributed by atoms with Gasteiger partial charge in [0.25, 0.3) is 0 Å². The molecule has 0 spiro atoms. The SMILES string of the molecule is CN(C)c1ccc(CN=C(N)NCc2ccc(OC(F)(F)F)cc2)cc1F.I. The van der Waals surface area contributed by atoms with Crippen molar-refractivity contribution in [1.29, 1.82) is 0 Å². The van der Waals surface area contributed by atoms with Gasteiger partial charge in [-0.05, 0) is 35.4 Å². The number of rotatable bonds is 6. The Morgan fingerprint density at radius 3 is 2.25 bits per heavy atom.